The van der Waals surface area contributed by atoms with E-state index in [0.29, 0.717) is 19.6 Å². The monoisotopic (exact) mass is 243 g/mol. The summed E-state index contributed by atoms with van der Waals surface area (Å²) in [5.74, 6) is 0. The third kappa shape index (κ3) is 4.61. The van der Waals surface area contributed by atoms with Gasteiger partial charge in [-0.05, 0) is 36.2 Å². The molecule has 2 unspecified atom stereocenters. The minimum atomic E-state index is -0.708. The maximum absolute atomic E-state index is 10.1. The van der Waals surface area contributed by atoms with Gasteiger partial charge in [-0.25, -0.2) is 0 Å². The van der Waals surface area contributed by atoms with Crippen molar-refractivity contribution in [2.75, 3.05) is 20.3 Å². The van der Waals surface area contributed by atoms with Crippen molar-refractivity contribution in [3.63, 3.8) is 0 Å². The third-order valence-electron chi connectivity index (χ3n) is 2.68. The van der Waals surface area contributed by atoms with Gasteiger partial charge in [-0.1, -0.05) is 0 Å². The van der Waals surface area contributed by atoms with Crippen LogP contribution in [0.25, 0.3) is 0 Å². The van der Waals surface area contributed by atoms with Crippen molar-refractivity contribution >= 4 is 11.3 Å². The number of nitrogens with one attached hydrogen (secondary N) is 1. The molecule has 0 saturated carbocycles. The molecular weight excluding hydrogens is 222 g/mol. The van der Waals surface area contributed by atoms with E-state index in [1.807, 2.05) is 6.92 Å². The van der Waals surface area contributed by atoms with Crippen LogP contribution in [0.1, 0.15) is 31.9 Å². The zero-order chi connectivity index (χ0) is 12.0. The second kappa shape index (κ2) is 6.35. The highest BCUT2D eigenvalue weighted by Gasteiger charge is 2.20. The molecule has 0 amide bonds. The first-order chi connectivity index (χ1) is 7.55. The molecule has 0 aliphatic rings. The predicted octanol–water partition coefficient (Wildman–Crippen LogP) is 2.19. The molecule has 2 N–H and O–H groups in total. The molecule has 0 saturated heterocycles. The van der Waals surface area contributed by atoms with Crippen LogP contribution in [0.15, 0.2) is 16.8 Å². The Bertz CT molecular complexity index is 285. The minimum absolute atomic E-state index is 0.278. The summed E-state index contributed by atoms with van der Waals surface area (Å²) in [7, 11) is 1.65. The molecule has 4 heteroatoms. The lowest BCUT2D eigenvalue weighted by Crippen LogP contribution is -2.39. The highest BCUT2D eigenvalue weighted by atomic mass is 32.1. The van der Waals surface area contributed by atoms with E-state index in [1.165, 1.54) is 5.56 Å². The zero-order valence-electron chi connectivity index (χ0n) is 10.2. The lowest BCUT2D eigenvalue weighted by Gasteiger charge is -2.25. The molecule has 0 aliphatic heterocycles. The van der Waals surface area contributed by atoms with Crippen LogP contribution in [0.2, 0.25) is 0 Å². The van der Waals surface area contributed by atoms with Gasteiger partial charge in [0.2, 0.25) is 0 Å². The Labute approximate surface area is 101 Å². The summed E-state index contributed by atoms with van der Waals surface area (Å²) in [6.45, 7) is 5.10. The van der Waals surface area contributed by atoms with Crippen molar-refractivity contribution in [1.29, 1.82) is 0 Å². The molecule has 3 nitrogen and oxygen atoms in total. The fourth-order valence-corrected chi connectivity index (χ4v) is 2.18. The van der Waals surface area contributed by atoms with Gasteiger partial charge in [0.05, 0.1) is 5.60 Å². The van der Waals surface area contributed by atoms with Gasteiger partial charge < -0.3 is 15.2 Å². The van der Waals surface area contributed by atoms with Gasteiger partial charge >= 0.3 is 0 Å². The Morgan fingerprint density at radius 1 is 1.62 bits per heavy atom. The minimum Gasteiger partial charge on any atom is -0.389 e. The molecule has 0 fully saturated rings. The van der Waals surface area contributed by atoms with E-state index in [-0.39, 0.29) is 6.04 Å². The van der Waals surface area contributed by atoms with Crippen LogP contribution < -0.4 is 5.32 Å². The molecule has 1 aromatic heterocycles. The number of rotatable bonds is 7. The number of ether oxygens (including phenoxy) is 1. The van der Waals surface area contributed by atoms with Crippen molar-refractivity contribution in [2.45, 2.75) is 31.9 Å². The molecule has 1 heterocycles. The van der Waals surface area contributed by atoms with Gasteiger partial charge in [-0.15, -0.1) is 0 Å². The Morgan fingerprint density at radius 3 is 2.94 bits per heavy atom. The molecule has 92 valence electrons. The van der Waals surface area contributed by atoms with E-state index in [0.717, 1.165) is 0 Å². The highest BCUT2D eigenvalue weighted by Crippen LogP contribution is 2.17. The van der Waals surface area contributed by atoms with Crippen molar-refractivity contribution in [1.82, 2.24) is 5.32 Å². The summed E-state index contributed by atoms with van der Waals surface area (Å²) in [5.41, 5.74) is 0.563. The average Bonchev–Trinajstić information content (AvgIpc) is 2.77. The molecule has 1 rings (SSSR count). The van der Waals surface area contributed by atoms with Crippen LogP contribution in [0.3, 0.4) is 0 Å². The standard InChI is InChI=1S/C12H21NO2S/c1-10(11-4-7-16-8-11)13-9-12(2,14)5-6-15-3/h4,7-8,10,13-14H,5-6,9H2,1-3H3. The molecule has 2 atom stereocenters. The van der Waals surface area contributed by atoms with Crippen LogP contribution in [-0.4, -0.2) is 31.0 Å². The summed E-state index contributed by atoms with van der Waals surface area (Å²) in [4.78, 5) is 0. The fourth-order valence-electron chi connectivity index (χ4n) is 1.42. The van der Waals surface area contributed by atoms with E-state index in [4.69, 9.17) is 4.74 Å². The first-order valence-electron chi connectivity index (χ1n) is 5.52. The van der Waals surface area contributed by atoms with Crippen molar-refractivity contribution in [2.24, 2.45) is 0 Å². The van der Waals surface area contributed by atoms with E-state index in [9.17, 15) is 5.11 Å². The molecule has 0 radical (unpaired) electrons. The van der Waals surface area contributed by atoms with Gasteiger partial charge in [-0.2, -0.15) is 11.3 Å². The lowest BCUT2D eigenvalue weighted by atomic mass is 10.0. The molecule has 0 spiro atoms. The summed E-state index contributed by atoms with van der Waals surface area (Å²) < 4.78 is 4.97. The van der Waals surface area contributed by atoms with Gasteiger partial charge in [0.25, 0.3) is 0 Å². The second-order valence-electron chi connectivity index (χ2n) is 4.40. The number of aliphatic hydroxyl groups is 1. The topological polar surface area (TPSA) is 41.5 Å². The first kappa shape index (κ1) is 13.6. The van der Waals surface area contributed by atoms with Crippen LogP contribution in [0.4, 0.5) is 0 Å². The van der Waals surface area contributed by atoms with Crippen LogP contribution in [0.5, 0.6) is 0 Å². The number of hydrogen-bond acceptors (Lipinski definition) is 4. The lowest BCUT2D eigenvalue weighted by molar-refractivity contribution is 0.0231. The SMILES string of the molecule is COCCC(C)(O)CNC(C)c1ccsc1. The third-order valence-corrected chi connectivity index (χ3v) is 3.38. The predicted molar refractivity (Wildman–Crippen MR) is 67.9 cm³/mol. The molecular formula is C12H21NO2S. The summed E-state index contributed by atoms with van der Waals surface area (Å²) in [6, 6.07) is 2.38. The van der Waals surface area contributed by atoms with E-state index in [2.05, 4.69) is 29.1 Å². The fraction of sp³-hybridized carbons (Fsp3) is 0.667. The molecule has 0 aromatic carbocycles. The van der Waals surface area contributed by atoms with Crippen molar-refractivity contribution < 1.29 is 9.84 Å². The van der Waals surface area contributed by atoms with Gasteiger partial charge in [0.15, 0.2) is 0 Å². The van der Waals surface area contributed by atoms with Gasteiger partial charge in [0.1, 0.15) is 0 Å². The van der Waals surface area contributed by atoms with Crippen molar-refractivity contribution in [3.8, 4) is 0 Å². The Kier molecular flexibility index (Phi) is 5.41. The molecule has 16 heavy (non-hydrogen) atoms. The average molecular weight is 243 g/mol. The van der Waals surface area contributed by atoms with Crippen molar-refractivity contribution in [3.05, 3.63) is 22.4 Å². The Balaban J connectivity index is 2.33. The van der Waals surface area contributed by atoms with Gasteiger partial charge in [-0.3, -0.25) is 0 Å². The summed E-state index contributed by atoms with van der Waals surface area (Å²) in [6.07, 6.45) is 0.646. The first-order valence-corrected chi connectivity index (χ1v) is 6.46. The highest BCUT2D eigenvalue weighted by molar-refractivity contribution is 7.07. The normalized spacial score (nSPS) is 17.0. The van der Waals surface area contributed by atoms with Crippen LogP contribution in [-0.2, 0) is 4.74 Å². The zero-order valence-corrected chi connectivity index (χ0v) is 11.0. The Morgan fingerprint density at radius 2 is 2.38 bits per heavy atom. The summed E-state index contributed by atoms with van der Waals surface area (Å²) in [5, 5.41) is 17.6. The number of hydrogen-bond donors (Lipinski definition) is 2. The maximum atomic E-state index is 10.1. The van der Waals surface area contributed by atoms with E-state index >= 15 is 0 Å². The maximum Gasteiger partial charge on any atom is 0.0765 e. The Hall–Kier alpha value is -0.420. The van der Waals surface area contributed by atoms with E-state index < -0.39 is 5.60 Å². The largest absolute Gasteiger partial charge is 0.389 e. The van der Waals surface area contributed by atoms with Crippen LogP contribution >= 0.6 is 11.3 Å². The van der Waals surface area contributed by atoms with E-state index in [1.54, 1.807) is 18.4 Å². The van der Waals surface area contributed by atoms with Crippen LogP contribution in [0, 0.1) is 0 Å². The molecule has 1 aromatic rings. The number of thiophene rings is 1. The second-order valence-corrected chi connectivity index (χ2v) is 5.18. The smallest absolute Gasteiger partial charge is 0.0765 e. The summed E-state index contributed by atoms with van der Waals surface area (Å²) >= 11 is 1.69. The van der Waals surface area contributed by atoms with Gasteiger partial charge in [0, 0.05) is 32.7 Å². The quantitative estimate of drug-likeness (QED) is 0.771. The molecule has 0 aliphatic carbocycles. The number of methoxy groups -OCH3 is 1. The molecule has 0 bridgehead atoms.